The topological polar surface area (TPSA) is 64.4 Å². The first-order valence-corrected chi connectivity index (χ1v) is 9.15. The average molecular weight is 375 g/mol. The second-order valence-electron chi connectivity index (χ2n) is 5.94. The Kier molecular flexibility index (Phi) is 4.23. The van der Waals surface area contributed by atoms with Crippen LogP contribution in [0.15, 0.2) is 39.5 Å². The number of nitrogens with zero attached hydrogens (tertiary/aromatic N) is 1. The number of nitrogens with one attached hydrogen (secondary N) is 1. The van der Waals surface area contributed by atoms with Gasteiger partial charge in [0, 0.05) is 18.1 Å². The summed E-state index contributed by atoms with van der Waals surface area (Å²) < 4.78 is 10.8. The fraction of sp³-hybridized carbons (Fsp3) is 0.222. The van der Waals surface area contributed by atoms with E-state index in [2.05, 4.69) is 28.0 Å². The van der Waals surface area contributed by atoms with Gasteiger partial charge in [0.1, 0.15) is 17.6 Å². The Morgan fingerprint density at radius 1 is 1.40 bits per heavy atom. The maximum Gasteiger partial charge on any atom is 0.273 e. The Balaban J connectivity index is 1.44. The van der Waals surface area contributed by atoms with Gasteiger partial charge in [-0.25, -0.2) is 0 Å². The van der Waals surface area contributed by atoms with Crippen LogP contribution in [0.2, 0.25) is 5.02 Å². The van der Waals surface area contributed by atoms with Gasteiger partial charge in [0.25, 0.3) is 5.91 Å². The van der Waals surface area contributed by atoms with E-state index in [4.69, 9.17) is 20.9 Å². The van der Waals surface area contributed by atoms with Gasteiger partial charge in [-0.3, -0.25) is 4.79 Å². The maximum atomic E-state index is 12.1. The number of fused-ring (bicyclic) bond motifs is 1. The first kappa shape index (κ1) is 16.2. The molecule has 7 heteroatoms. The van der Waals surface area contributed by atoms with Crippen LogP contribution < -0.4 is 10.1 Å². The SMILES string of the molecule is Cc1cc(C(=O)NC[C@@H]2Cc3cc(-c4ccsc4)cc(Cl)c3O2)no1. The van der Waals surface area contributed by atoms with Crippen molar-refractivity contribution in [2.45, 2.75) is 19.4 Å². The lowest BCUT2D eigenvalue weighted by Crippen LogP contribution is -2.34. The van der Waals surface area contributed by atoms with E-state index < -0.39 is 0 Å². The quantitative estimate of drug-likeness (QED) is 0.746. The van der Waals surface area contributed by atoms with E-state index in [0.29, 0.717) is 29.5 Å². The lowest BCUT2D eigenvalue weighted by atomic mass is 10.0. The number of halogens is 1. The normalized spacial score (nSPS) is 15.7. The van der Waals surface area contributed by atoms with E-state index in [1.807, 2.05) is 11.4 Å². The van der Waals surface area contributed by atoms with E-state index in [1.54, 1.807) is 24.3 Å². The minimum Gasteiger partial charge on any atom is -0.486 e. The standard InChI is InChI=1S/C18H15ClN2O3S/c1-10-4-16(21-24-10)18(22)20-8-14-6-13-5-12(11-2-3-25-9-11)7-15(19)17(13)23-14/h2-5,7,9,14H,6,8H2,1H3,(H,20,22)/t14-/m0/s1. The molecule has 0 aliphatic carbocycles. The molecular weight excluding hydrogens is 360 g/mol. The van der Waals surface area contributed by atoms with Crippen LogP contribution in [0.4, 0.5) is 0 Å². The molecule has 0 spiro atoms. The van der Waals surface area contributed by atoms with Crippen LogP contribution in [0.1, 0.15) is 21.8 Å². The van der Waals surface area contributed by atoms with Crippen molar-refractivity contribution in [2.24, 2.45) is 0 Å². The number of aromatic nitrogens is 1. The number of hydrogen-bond acceptors (Lipinski definition) is 5. The van der Waals surface area contributed by atoms with Crippen molar-refractivity contribution >= 4 is 28.8 Å². The fourth-order valence-corrected chi connectivity index (χ4v) is 3.82. The van der Waals surface area contributed by atoms with Crippen LogP contribution in [0.5, 0.6) is 5.75 Å². The molecule has 128 valence electrons. The molecule has 1 N–H and O–H groups in total. The second kappa shape index (κ2) is 6.54. The predicted octanol–water partition coefficient (Wildman–Crippen LogP) is 4.10. The molecule has 1 aromatic carbocycles. The Morgan fingerprint density at radius 3 is 3.00 bits per heavy atom. The number of hydrogen-bond donors (Lipinski definition) is 1. The first-order chi connectivity index (χ1) is 12.1. The summed E-state index contributed by atoms with van der Waals surface area (Å²) in [7, 11) is 0. The number of aryl methyl sites for hydroxylation is 1. The van der Waals surface area contributed by atoms with Gasteiger partial charge in [-0.15, -0.1) is 0 Å². The van der Waals surface area contributed by atoms with E-state index in [-0.39, 0.29) is 17.7 Å². The monoisotopic (exact) mass is 374 g/mol. The van der Waals surface area contributed by atoms with Crippen LogP contribution in [-0.2, 0) is 6.42 Å². The molecule has 3 heterocycles. The van der Waals surface area contributed by atoms with Gasteiger partial charge in [0.15, 0.2) is 5.69 Å². The highest BCUT2D eigenvalue weighted by molar-refractivity contribution is 7.08. The molecule has 0 bridgehead atoms. The Hall–Kier alpha value is -2.31. The van der Waals surface area contributed by atoms with E-state index in [1.165, 1.54) is 0 Å². The lowest BCUT2D eigenvalue weighted by molar-refractivity contribution is 0.0924. The summed E-state index contributed by atoms with van der Waals surface area (Å²) in [6, 6.07) is 7.69. The van der Waals surface area contributed by atoms with Gasteiger partial charge in [-0.1, -0.05) is 16.8 Å². The zero-order valence-electron chi connectivity index (χ0n) is 13.4. The molecule has 0 saturated carbocycles. The minimum atomic E-state index is -0.276. The number of amides is 1. The molecule has 25 heavy (non-hydrogen) atoms. The molecule has 2 aromatic heterocycles. The summed E-state index contributed by atoms with van der Waals surface area (Å²) in [5, 5.41) is 11.3. The van der Waals surface area contributed by atoms with Crippen LogP contribution in [0, 0.1) is 6.92 Å². The van der Waals surface area contributed by atoms with Crippen molar-refractivity contribution in [3.63, 3.8) is 0 Å². The van der Waals surface area contributed by atoms with Gasteiger partial charge < -0.3 is 14.6 Å². The zero-order chi connectivity index (χ0) is 17.4. The summed E-state index contributed by atoms with van der Waals surface area (Å²) in [5.41, 5.74) is 3.56. The fourth-order valence-electron chi connectivity index (χ4n) is 2.87. The first-order valence-electron chi connectivity index (χ1n) is 7.83. The maximum absolute atomic E-state index is 12.1. The Bertz CT molecular complexity index is 921. The summed E-state index contributed by atoms with van der Waals surface area (Å²) >= 11 is 8.04. The third kappa shape index (κ3) is 3.27. The van der Waals surface area contributed by atoms with Gasteiger partial charge in [-0.05, 0) is 47.0 Å². The summed E-state index contributed by atoms with van der Waals surface area (Å²) in [5.74, 6) is 1.03. The zero-order valence-corrected chi connectivity index (χ0v) is 15.0. The second-order valence-corrected chi connectivity index (χ2v) is 7.12. The third-order valence-corrected chi connectivity index (χ3v) is 5.02. The molecule has 1 aliphatic heterocycles. The summed E-state index contributed by atoms with van der Waals surface area (Å²) in [4.78, 5) is 12.1. The number of benzene rings is 1. The van der Waals surface area contributed by atoms with Gasteiger partial charge >= 0.3 is 0 Å². The molecule has 3 aromatic rings. The molecule has 0 radical (unpaired) electrons. The van der Waals surface area contributed by atoms with Crippen molar-refractivity contribution in [1.82, 2.24) is 10.5 Å². The molecule has 0 fully saturated rings. The van der Waals surface area contributed by atoms with Crippen LogP contribution in [-0.4, -0.2) is 23.7 Å². The lowest BCUT2D eigenvalue weighted by Gasteiger charge is -2.11. The number of rotatable bonds is 4. The van der Waals surface area contributed by atoms with E-state index in [9.17, 15) is 4.79 Å². The van der Waals surface area contributed by atoms with Gasteiger partial charge in [0.2, 0.25) is 0 Å². The number of ether oxygens (including phenoxy) is 1. The van der Waals surface area contributed by atoms with Crippen molar-refractivity contribution < 1.29 is 14.1 Å². The number of carbonyl (C=O) groups is 1. The Labute approximate surface area is 153 Å². The van der Waals surface area contributed by atoms with Crippen molar-refractivity contribution in [1.29, 1.82) is 0 Å². The average Bonchev–Trinajstić information content (AvgIpc) is 3.32. The van der Waals surface area contributed by atoms with Gasteiger partial charge in [-0.2, -0.15) is 11.3 Å². The van der Waals surface area contributed by atoms with Gasteiger partial charge in [0.05, 0.1) is 11.6 Å². The number of carbonyl (C=O) groups excluding carboxylic acids is 1. The van der Waals surface area contributed by atoms with E-state index in [0.717, 1.165) is 16.7 Å². The summed E-state index contributed by atoms with van der Waals surface area (Å²) in [6.07, 6.45) is 0.549. The van der Waals surface area contributed by atoms with Crippen molar-refractivity contribution in [2.75, 3.05) is 6.54 Å². The van der Waals surface area contributed by atoms with E-state index >= 15 is 0 Å². The van der Waals surface area contributed by atoms with Crippen molar-refractivity contribution in [3.8, 4) is 16.9 Å². The highest BCUT2D eigenvalue weighted by Gasteiger charge is 2.27. The molecular formula is C18H15ClN2O3S. The molecule has 5 nitrogen and oxygen atoms in total. The smallest absolute Gasteiger partial charge is 0.273 e. The molecule has 4 rings (SSSR count). The van der Waals surface area contributed by atoms with Crippen LogP contribution in [0.3, 0.4) is 0 Å². The van der Waals surface area contributed by atoms with Crippen molar-refractivity contribution in [3.05, 3.63) is 57.1 Å². The number of thiophene rings is 1. The van der Waals surface area contributed by atoms with Crippen LogP contribution >= 0.6 is 22.9 Å². The molecule has 1 amide bonds. The largest absolute Gasteiger partial charge is 0.486 e. The highest BCUT2D eigenvalue weighted by atomic mass is 35.5. The molecule has 0 saturated heterocycles. The predicted molar refractivity (Wildman–Crippen MR) is 96.5 cm³/mol. The minimum absolute atomic E-state index is 0.151. The molecule has 1 aliphatic rings. The Morgan fingerprint density at radius 2 is 2.28 bits per heavy atom. The van der Waals surface area contributed by atoms with Crippen LogP contribution in [0.25, 0.3) is 11.1 Å². The third-order valence-electron chi connectivity index (χ3n) is 4.06. The molecule has 0 unspecified atom stereocenters. The highest BCUT2D eigenvalue weighted by Crippen LogP contribution is 2.39. The summed E-state index contributed by atoms with van der Waals surface area (Å²) in [6.45, 7) is 2.12. The molecule has 1 atom stereocenters.